The first-order chi connectivity index (χ1) is 9.75. The molecule has 0 saturated heterocycles. The van der Waals surface area contributed by atoms with Gasteiger partial charge < -0.3 is 0 Å². The Labute approximate surface area is 114 Å². The predicted molar refractivity (Wildman–Crippen MR) is 73.0 cm³/mol. The van der Waals surface area contributed by atoms with Gasteiger partial charge in [0.05, 0.1) is 11.4 Å². The van der Waals surface area contributed by atoms with Crippen LogP contribution < -0.4 is 5.69 Å². The summed E-state index contributed by atoms with van der Waals surface area (Å²) in [6.07, 6.45) is 4.64. The van der Waals surface area contributed by atoms with Crippen LogP contribution >= 0.6 is 0 Å². The van der Waals surface area contributed by atoms with E-state index in [1.54, 1.807) is 42.7 Å². The largest absolute Gasteiger partial charge is 0.352 e. The number of halogens is 1. The van der Waals surface area contributed by atoms with E-state index in [0.717, 1.165) is 5.56 Å². The molecule has 0 N–H and O–H groups in total. The third-order valence-corrected chi connectivity index (χ3v) is 2.91. The van der Waals surface area contributed by atoms with Gasteiger partial charge in [0, 0.05) is 18.6 Å². The quantitative estimate of drug-likeness (QED) is 0.716. The smallest absolute Gasteiger partial charge is 0.265 e. The molecule has 1 aromatic carbocycles. The summed E-state index contributed by atoms with van der Waals surface area (Å²) in [5.41, 5.74) is 1.66. The van der Waals surface area contributed by atoms with E-state index in [4.69, 9.17) is 0 Å². The predicted octanol–water partition coefficient (Wildman–Crippen LogP) is 2.43. The summed E-state index contributed by atoms with van der Waals surface area (Å²) in [5.74, 6) is -0.319. The number of rotatable bonds is 2. The van der Waals surface area contributed by atoms with Crippen molar-refractivity contribution in [1.82, 2.24) is 14.5 Å². The molecular weight excluding hydrogens is 257 g/mol. The summed E-state index contributed by atoms with van der Waals surface area (Å²) in [5, 5.41) is 0. The van der Waals surface area contributed by atoms with Gasteiger partial charge in [-0.1, -0.05) is 0 Å². The molecule has 0 saturated carbocycles. The second-order valence-corrected chi connectivity index (χ2v) is 4.16. The maximum Gasteiger partial charge on any atom is 0.352 e. The Bertz CT molecular complexity index is 782. The highest BCUT2D eigenvalue weighted by Crippen LogP contribution is 2.20. The normalized spacial score (nSPS) is 10.4. The van der Waals surface area contributed by atoms with E-state index < -0.39 is 5.69 Å². The zero-order chi connectivity index (χ0) is 13.9. The van der Waals surface area contributed by atoms with Gasteiger partial charge >= 0.3 is 5.69 Å². The maximum atomic E-state index is 13.0. The number of nitrogens with zero attached hydrogens (tertiary/aromatic N) is 3. The molecular formula is C15H10FN3O. The SMILES string of the molecule is O=c1nccc(-c2ccc(F)cc2)n1-c1ccncc1. The molecule has 0 radical (unpaired) electrons. The Morgan fingerprint density at radius 1 is 0.900 bits per heavy atom. The molecule has 0 atom stereocenters. The molecule has 0 aliphatic carbocycles. The fourth-order valence-electron chi connectivity index (χ4n) is 2.00. The summed E-state index contributed by atoms with van der Waals surface area (Å²) < 4.78 is 14.5. The molecule has 5 heteroatoms. The van der Waals surface area contributed by atoms with Gasteiger partial charge in [-0.15, -0.1) is 0 Å². The van der Waals surface area contributed by atoms with Crippen LogP contribution in [0.25, 0.3) is 16.9 Å². The van der Waals surface area contributed by atoms with Gasteiger partial charge in [-0.05, 0) is 48.0 Å². The Hall–Kier alpha value is -2.82. The Kier molecular flexibility index (Phi) is 3.09. The second kappa shape index (κ2) is 5.05. The van der Waals surface area contributed by atoms with Crippen LogP contribution in [0.2, 0.25) is 0 Å². The first-order valence-corrected chi connectivity index (χ1v) is 6.00. The first-order valence-electron chi connectivity index (χ1n) is 6.00. The Morgan fingerprint density at radius 2 is 1.60 bits per heavy atom. The van der Waals surface area contributed by atoms with Gasteiger partial charge in [-0.2, -0.15) is 0 Å². The van der Waals surface area contributed by atoms with Gasteiger partial charge in [-0.3, -0.25) is 9.55 Å². The van der Waals surface area contributed by atoms with Crippen LogP contribution in [0.1, 0.15) is 0 Å². The average molecular weight is 267 g/mol. The number of aromatic nitrogens is 3. The van der Waals surface area contributed by atoms with Crippen LogP contribution in [0.3, 0.4) is 0 Å². The maximum absolute atomic E-state index is 13.0. The number of hydrogen-bond acceptors (Lipinski definition) is 3. The minimum absolute atomic E-state index is 0.319. The van der Waals surface area contributed by atoms with Crippen molar-refractivity contribution < 1.29 is 4.39 Å². The third-order valence-electron chi connectivity index (χ3n) is 2.91. The molecule has 0 aliphatic rings. The molecule has 0 unspecified atom stereocenters. The van der Waals surface area contributed by atoms with Crippen molar-refractivity contribution in [3.63, 3.8) is 0 Å². The summed E-state index contributed by atoms with van der Waals surface area (Å²) in [7, 11) is 0. The van der Waals surface area contributed by atoms with Crippen molar-refractivity contribution in [3.05, 3.63) is 77.4 Å². The summed E-state index contributed by atoms with van der Waals surface area (Å²) >= 11 is 0. The van der Waals surface area contributed by atoms with Gasteiger partial charge in [0.2, 0.25) is 0 Å². The van der Waals surface area contributed by atoms with Crippen LogP contribution in [0.5, 0.6) is 0 Å². The monoisotopic (exact) mass is 267 g/mol. The van der Waals surface area contributed by atoms with E-state index in [0.29, 0.717) is 11.4 Å². The van der Waals surface area contributed by atoms with Gasteiger partial charge in [0.25, 0.3) is 0 Å². The average Bonchev–Trinajstić information content (AvgIpc) is 2.49. The van der Waals surface area contributed by atoms with Crippen LogP contribution in [0, 0.1) is 5.82 Å². The lowest BCUT2D eigenvalue weighted by atomic mass is 10.1. The second-order valence-electron chi connectivity index (χ2n) is 4.16. The van der Waals surface area contributed by atoms with Crippen molar-refractivity contribution >= 4 is 0 Å². The number of pyridine rings is 1. The minimum Gasteiger partial charge on any atom is -0.265 e. The van der Waals surface area contributed by atoms with E-state index in [1.807, 2.05) is 0 Å². The topological polar surface area (TPSA) is 47.8 Å². The van der Waals surface area contributed by atoms with Crippen LogP contribution in [0.4, 0.5) is 4.39 Å². The highest BCUT2D eigenvalue weighted by molar-refractivity contribution is 5.61. The third kappa shape index (κ3) is 2.21. The Balaban J connectivity index is 2.25. The highest BCUT2D eigenvalue weighted by Gasteiger charge is 2.08. The fraction of sp³-hybridized carbons (Fsp3) is 0. The summed E-state index contributed by atoms with van der Waals surface area (Å²) in [6.45, 7) is 0. The molecule has 2 aromatic heterocycles. The lowest BCUT2D eigenvalue weighted by molar-refractivity contribution is 0.628. The number of hydrogen-bond donors (Lipinski definition) is 0. The van der Waals surface area contributed by atoms with Gasteiger partial charge in [0.1, 0.15) is 5.82 Å². The first kappa shape index (κ1) is 12.2. The van der Waals surface area contributed by atoms with E-state index in [9.17, 15) is 9.18 Å². The van der Waals surface area contributed by atoms with Gasteiger partial charge in [-0.25, -0.2) is 14.2 Å². The van der Waals surface area contributed by atoms with E-state index in [2.05, 4.69) is 9.97 Å². The molecule has 3 aromatic rings. The summed E-state index contributed by atoms with van der Waals surface area (Å²) in [6, 6.07) is 11.1. The van der Waals surface area contributed by atoms with Gasteiger partial charge in [0.15, 0.2) is 0 Å². The van der Waals surface area contributed by atoms with Crippen LogP contribution in [-0.4, -0.2) is 14.5 Å². The van der Waals surface area contributed by atoms with Crippen molar-refractivity contribution in [2.24, 2.45) is 0 Å². The lowest BCUT2D eigenvalue weighted by Crippen LogP contribution is -2.22. The molecule has 3 rings (SSSR count). The zero-order valence-electron chi connectivity index (χ0n) is 10.4. The molecule has 0 fully saturated rings. The molecule has 0 bridgehead atoms. The lowest BCUT2D eigenvalue weighted by Gasteiger charge is -2.11. The molecule has 4 nitrogen and oxygen atoms in total. The standard InChI is InChI=1S/C15H10FN3O/c16-12-3-1-11(2-4-12)14-7-10-18-15(20)19(14)13-5-8-17-9-6-13/h1-10H. The minimum atomic E-state index is -0.391. The molecule has 2 heterocycles. The molecule has 0 amide bonds. The van der Waals surface area contributed by atoms with E-state index in [-0.39, 0.29) is 5.82 Å². The highest BCUT2D eigenvalue weighted by atomic mass is 19.1. The van der Waals surface area contributed by atoms with Crippen molar-refractivity contribution in [3.8, 4) is 16.9 Å². The van der Waals surface area contributed by atoms with Crippen molar-refractivity contribution in [2.45, 2.75) is 0 Å². The van der Waals surface area contributed by atoms with Crippen molar-refractivity contribution in [1.29, 1.82) is 0 Å². The van der Waals surface area contributed by atoms with E-state index >= 15 is 0 Å². The fourth-order valence-corrected chi connectivity index (χ4v) is 2.00. The summed E-state index contributed by atoms with van der Waals surface area (Å²) in [4.78, 5) is 19.7. The number of benzene rings is 1. The Morgan fingerprint density at radius 3 is 2.30 bits per heavy atom. The molecule has 0 aliphatic heterocycles. The van der Waals surface area contributed by atoms with Crippen molar-refractivity contribution in [2.75, 3.05) is 0 Å². The zero-order valence-corrected chi connectivity index (χ0v) is 10.4. The molecule has 98 valence electrons. The van der Waals surface area contributed by atoms with Crippen LogP contribution in [0.15, 0.2) is 65.8 Å². The molecule has 20 heavy (non-hydrogen) atoms. The molecule has 0 spiro atoms. The van der Waals surface area contributed by atoms with Crippen LogP contribution in [-0.2, 0) is 0 Å². The van der Waals surface area contributed by atoms with E-state index in [1.165, 1.54) is 22.9 Å².